The molecule has 1 saturated heterocycles. The van der Waals surface area contributed by atoms with Gasteiger partial charge in [0.25, 0.3) is 5.91 Å². The zero-order valence-corrected chi connectivity index (χ0v) is 20.3. The number of carbonyl (C=O) groups is 2. The molecule has 5 nitrogen and oxygen atoms in total. The largest absolute Gasteiger partial charge is 0.347 e. The molecule has 0 unspecified atom stereocenters. The van der Waals surface area contributed by atoms with Crippen LogP contribution in [0.4, 0.5) is 10.1 Å². The van der Waals surface area contributed by atoms with Crippen molar-refractivity contribution in [2.45, 2.75) is 18.2 Å². The Kier molecular flexibility index (Phi) is 7.46. The Hall–Kier alpha value is -3.41. The lowest BCUT2D eigenvalue weighted by Crippen LogP contribution is -2.32. The van der Waals surface area contributed by atoms with Crippen molar-refractivity contribution in [2.24, 2.45) is 0 Å². The molecule has 0 spiro atoms. The van der Waals surface area contributed by atoms with Gasteiger partial charge in [-0.15, -0.1) is 0 Å². The van der Waals surface area contributed by atoms with Crippen molar-refractivity contribution >= 4 is 45.2 Å². The highest BCUT2D eigenvalue weighted by molar-refractivity contribution is 9.10. The molecule has 0 saturated carbocycles. The van der Waals surface area contributed by atoms with Gasteiger partial charge in [0.15, 0.2) is 0 Å². The van der Waals surface area contributed by atoms with Crippen LogP contribution in [0.3, 0.4) is 0 Å². The number of thioether (sulfide) groups is 1. The van der Waals surface area contributed by atoms with Gasteiger partial charge in [-0.25, -0.2) is 4.39 Å². The van der Waals surface area contributed by atoms with Crippen molar-refractivity contribution in [3.63, 3.8) is 0 Å². The number of hydrogen-bond acceptors (Lipinski definition) is 4. The lowest BCUT2D eigenvalue weighted by atomic mass is 10.1. The lowest BCUT2D eigenvalue weighted by molar-refractivity contribution is -0.117. The molecule has 1 aliphatic heterocycles. The fraction of sp³-hybridized carbons (Fsp3) is 0.115. The molecule has 1 N–H and O–H groups in total. The zero-order chi connectivity index (χ0) is 24.1. The van der Waals surface area contributed by atoms with Gasteiger partial charge in [-0.3, -0.25) is 14.5 Å². The van der Waals surface area contributed by atoms with E-state index in [1.165, 1.54) is 40.9 Å². The Morgan fingerprint density at radius 2 is 1.71 bits per heavy atom. The highest BCUT2D eigenvalue weighted by Gasteiger charge is 2.40. The summed E-state index contributed by atoms with van der Waals surface area (Å²) < 4.78 is 14.5. The molecule has 0 aromatic heterocycles. The van der Waals surface area contributed by atoms with Gasteiger partial charge in [-0.05, 0) is 53.9 Å². The first-order chi connectivity index (χ1) is 16.5. The number of rotatable bonds is 6. The van der Waals surface area contributed by atoms with Crippen LogP contribution in [-0.4, -0.2) is 17.1 Å². The van der Waals surface area contributed by atoms with E-state index in [9.17, 15) is 19.2 Å². The van der Waals surface area contributed by atoms with Crippen molar-refractivity contribution < 1.29 is 14.0 Å². The van der Waals surface area contributed by atoms with Crippen LogP contribution < -0.4 is 10.2 Å². The topological polar surface area (TPSA) is 73.2 Å². The van der Waals surface area contributed by atoms with E-state index < -0.39 is 17.0 Å². The van der Waals surface area contributed by atoms with Gasteiger partial charge in [0.1, 0.15) is 22.5 Å². The molecule has 0 bridgehead atoms. The van der Waals surface area contributed by atoms with E-state index in [2.05, 4.69) is 21.2 Å². The molecule has 3 aromatic rings. The quantitative estimate of drug-likeness (QED) is 0.342. The lowest BCUT2D eigenvalue weighted by Gasteiger charge is -2.18. The van der Waals surface area contributed by atoms with E-state index in [0.29, 0.717) is 12.1 Å². The summed E-state index contributed by atoms with van der Waals surface area (Å²) in [6.07, 6.45) is 0.419. The van der Waals surface area contributed by atoms with E-state index >= 15 is 0 Å². The summed E-state index contributed by atoms with van der Waals surface area (Å²) in [5.41, 5.74) is 2.07. The van der Waals surface area contributed by atoms with Crippen LogP contribution in [-0.2, 0) is 22.6 Å². The van der Waals surface area contributed by atoms with E-state index in [4.69, 9.17) is 0 Å². The third kappa shape index (κ3) is 5.38. The molecule has 0 radical (unpaired) electrons. The summed E-state index contributed by atoms with van der Waals surface area (Å²) in [4.78, 5) is 27.7. The van der Waals surface area contributed by atoms with Crippen LogP contribution in [0.5, 0.6) is 0 Å². The van der Waals surface area contributed by atoms with Gasteiger partial charge in [-0.2, -0.15) is 5.26 Å². The second-order valence-electron chi connectivity index (χ2n) is 7.55. The van der Waals surface area contributed by atoms with Gasteiger partial charge in [0, 0.05) is 16.7 Å². The number of anilines is 1. The Labute approximate surface area is 209 Å². The Morgan fingerprint density at radius 1 is 1.03 bits per heavy atom. The second kappa shape index (κ2) is 10.7. The fourth-order valence-electron chi connectivity index (χ4n) is 3.51. The fourth-order valence-corrected chi connectivity index (χ4v) is 5.09. The second-order valence-corrected chi connectivity index (χ2v) is 9.65. The SMILES string of the molecule is N#C/C(C(=O)NCc1ccccc1)=C1/S[C@@H](Cc2ccc(Br)cc2)C(=O)N1c1ccc(F)cc1. The normalized spacial score (nSPS) is 16.8. The van der Waals surface area contributed by atoms with Crippen molar-refractivity contribution in [3.8, 4) is 6.07 Å². The summed E-state index contributed by atoms with van der Waals surface area (Å²) >= 11 is 4.58. The van der Waals surface area contributed by atoms with Crippen LogP contribution in [0.1, 0.15) is 11.1 Å². The molecule has 1 heterocycles. The first-order valence-corrected chi connectivity index (χ1v) is 12.1. The summed E-state index contributed by atoms with van der Waals surface area (Å²) in [6, 6.07) is 24.3. The molecule has 3 aromatic carbocycles. The van der Waals surface area contributed by atoms with E-state index in [-0.39, 0.29) is 23.1 Å². The number of carbonyl (C=O) groups excluding carboxylic acids is 2. The third-order valence-corrected chi connectivity index (χ3v) is 7.01. The van der Waals surface area contributed by atoms with E-state index in [1.54, 1.807) is 0 Å². The minimum absolute atomic E-state index is 0.156. The predicted octanol–water partition coefficient (Wildman–Crippen LogP) is 5.33. The zero-order valence-electron chi connectivity index (χ0n) is 17.9. The minimum atomic E-state index is -0.571. The van der Waals surface area contributed by atoms with Gasteiger partial charge in [0.05, 0.1) is 5.25 Å². The molecule has 1 fully saturated rings. The van der Waals surface area contributed by atoms with E-state index in [1.807, 2.05) is 60.7 Å². The number of benzene rings is 3. The van der Waals surface area contributed by atoms with Crippen LogP contribution in [0.2, 0.25) is 0 Å². The summed E-state index contributed by atoms with van der Waals surface area (Å²) in [5.74, 6) is -1.28. The van der Waals surface area contributed by atoms with Crippen molar-refractivity contribution in [1.29, 1.82) is 5.26 Å². The first-order valence-electron chi connectivity index (χ1n) is 10.4. The van der Waals surface area contributed by atoms with Gasteiger partial charge in [-0.1, -0.05) is 70.2 Å². The van der Waals surface area contributed by atoms with Gasteiger partial charge >= 0.3 is 0 Å². The number of hydrogen-bond donors (Lipinski definition) is 1. The van der Waals surface area contributed by atoms with Crippen LogP contribution in [0, 0.1) is 17.1 Å². The maximum Gasteiger partial charge on any atom is 0.264 e. The molecule has 0 aliphatic carbocycles. The molecular formula is C26H19BrFN3O2S. The minimum Gasteiger partial charge on any atom is -0.347 e. The standard InChI is InChI=1S/C26H19BrFN3O2S/c27-19-8-6-17(7-9-19)14-23-25(33)31(21-12-10-20(28)11-13-21)26(34-23)22(15-29)24(32)30-16-18-4-2-1-3-5-18/h1-13,23H,14,16H2,(H,30,32)/b26-22-/t23-/m0/s1. The summed E-state index contributed by atoms with van der Waals surface area (Å²) in [6.45, 7) is 0.246. The van der Waals surface area contributed by atoms with Gasteiger partial charge in [0.2, 0.25) is 5.91 Å². The molecule has 4 rings (SSSR count). The third-order valence-electron chi connectivity index (χ3n) is 5.22. The number of nitriles is 1. The summed E-state index contributed by atoms with van der Waals surface area (Å²) in [5, 5.41) is 12.3. The van der Waals surface area contributed by atoms with E-state index in [0.717, 1.165) is 15.6 Å². The number of nitrogens with one attached hydrogen (secondary N) is 1. The number of halogens is 2. The van der Waals surface area contributed by atoms with Crippen LogP contribution in [0.25, 0.3) is 0 Å². The number of amides is 2. The average Bonchev–Trinajstić information content (AvgIpc) is 3.16. The Morgan fingerprint density at radius 3 is 2.35 bits per heavy atom. The smallest absolute Gasteiger partial charge is 0.264 e. The molecule has 1 aliphatic rings. The maximum atomic E-state index is 13.5. The molecule has 8 heteroatoms. The molecule has 2 amide bonds. The number of nitrogens with zero attached hydrogens (tertiary/aromatic N) is 2. The molecule has 1 atom stereocenters. The van der Waals surface area contributed by atoms with Crippen molar-refractivity contribution in [1.82, 2.24) is 5.32 Å². The maximum absolute atomic E-state index is 13.5. The predicted molar refractivity (Wildman–Crippen MR) is 134 cm³/mol. The van der Waals surface area contributed by atoms with Gasteiger partial charge < -0.3 is 5.32 Å². The Bertz CT molecular complexity index is 1270. The van der Waals surface area contributed by atoms with Crippen molar-refractivity contribution in [3.05, 3.63) is 111 Å². The molecular weight excluding hydrogens is 517 g/mol. The molecule has 34 heavy (non-hydrogen) atoms. The monoisotopic (exact) mass is 535 g/mol. The van der Waals surface area contributed by atoms with Crippen molar-refractivity contribution in [2.75, 3.05) is 4.90 Å². The Balaban J connectivity index is 1.66. The van der Waals surface area contributed by atoms with Crippen LogP contribution >= 0.6 is 27.7 Å². The molecule has 170 valence electrons. The average molecular weight is 536 g/mol. The first kappa shape index (κ1) is 23.7. The summed E-state index contributed by atoms with van der Waals surface area (Å²) in [7, 11) is 0. The highest BCUT2D eigenvalue weighted by Crippen LogP contribution is 2.42. The highest BCUT2D eigenvalue weighted by atomic mass is 79.9. The van der Waals surface area contributed by atoms with Crippen LogP contribution in [0.15, 0.2) is 93.9 Å².